The number of nitrogens with zero attached hydrogens (tertiary/aromatic N) is 4. The van der Waals surface area contributed by atoms with Crippen molar-refractivity contribution in [1.82, 2.24) is 25.3 Å². The molecule has 0 aliphatic heterocycles. The Balaban J connectivity index is 1.87. The highest BCUT2D eigenvalue weighted by Gasteiger charge is 2.08. The van der Waals surface area contributed by atoms with Crippen molar-refractivity contribution in [2.45, 2.75) is 26.3 Å². The van der Waals surface area contributed by atoms with E-state index in [0.717, 1.165) is 35.4 Å². The molecular weight excluding hydrogens is 262 g/mol. The van der Waals surface area contributed by atoms with E-state index < -0.39 is 0 Å². The number of hydrogen-bond donors (Lipinski definition) is 1. The first-order valence-electron chi connectivity index (χ1n) is 7.29. The molecule has 3 rings (SSSR count). The van der Waals surface area contributed by atoms with Crippen LogP contribution in [-0.4, -0.2) is 26.5 Å². The Hall–Kier alpha value is -2.27. The molecule has 5 nitrogen and oxygen atoms in total. The molecule has 3 aromatic rings. The van der Waals surface area contributed by atoms with Gasteiger partial charge >= 0.3 is 0 Å². The predicted molar refractivity (Wildman–Crippen MR) is 83.4 cm³/mol. The lowest BCUT2D eigenvalue weighted by Gasteiger charge is -2.12. The smallest absolute Gasteiger partial charge is 0.113 e. The average molecular weight is 281 g/mol. The molecule has 5 heteroatoms. The molecule has 1 aromatic carbocycles. The molecule has 0 bridgehead atoms. The Kier molecular flexibility index (Phi) is 3.92. The van der Waals surface area contributed by atoms with E-state index in [1.54, 1.807) is 0 Å². The molecule has 0 saturated carbocycles. The van der Waals surface area contributed by atoms with Gasteiger partial charge in [-0.2, -0.15) is 0 Å². The summed E-state index contributed by atoms with van der Waals surface area (Å²) in [5, 5.41) is 11.8. The fourth-order valence-corrected chi connectivity index (χ4v) is 2.30. The molecule has 1 N–H and O–H groups in total. The van der Waals surface area contributed by atoms with Crippen molar-refractivity contribution in [3.8, 4) is 5.69 Å². The Morgan fingerprint density at radius 1 is 1.19 bits per heavy atom. The van der Waals surface area contributed by atoms with Crippen LogP contribution >= 0.6 is 0 Å². The summed E-state index contributed by atoms with van der Waals surface area (Å²) in [5.74, 6) is 0. The van der Waals surface area contributed by atoms with E-state index >= 15 is 0 Å². The van der Waals surface area contributed by atoms with Crippen LogP contribution in [0.25, 0.3) is 16.7 Å². The number of fused-ring (bicyclic) bond motifs is 1. The second kappa shape index (κ2) is 6.01. The second-order valence-corrected chi connectivity index (χ2v) is 5.11. The highest BCUT2D eigenvalue weighted by Crippen LogP contribution is 2.17. The standard InChI is InChI=1S/C16H19N5/c1-3-10-17-12(2)14-9-8-13(11-18-14)21-16-7-5-4-6-15(16)19-20-21/h4-9,11-12,17H,3,10H2,1-2H3. The Morgan fingerprint density at radius 2 is 2.05 bits per heavy atom. The van der Waals surface area contributed by atoms with Crippen LogP contribution < -0.4 is 5.32 Å². The lowest BCUT2D eigenvalue weighted by Crippen LogP contribution is -2.20. The summed E-state index contributed by atoms with van der Waals surface area (Å²) in [4.78, 5) is 4.54. The maximum Gasteiger partial charge on any atom is 0.113 e. The third kappa shape index (κ3) is 2.78. The number of benzene rings is 1. The molecule has 0 fully saturated rings. The van der Waals surface area contributed by atoms with Crippen LogP contribution in [0.4, 0.5) is 0 Å². The van der Waals surface area contributed by atoms with Crippen LogP contribution in [0.1, 0.15) is 32.0 Å². The zero-order valence-electron chi connectivity index (χ0n) is 12.3. The number of para-hydroxylation sites is 1. The Morgan fingerprint density at radius 3 is 2.81 bits per heavy atom. The maximum atomic E-state index is 4.54. The Bertz CT molecular complexity index is 717. The van der Waals surface area contributed by atoms with Gasteiger partial charge in [-0.25, -0.2) is 4.68 Å². The van der Waals surface area contributed by atoms with Gasteiger partial charge < -0.3 is 5.32 Å². The second-order valence-electron chi connectivity index (χ2n) is 5.11. The summed E-state index contributed by atoms with van der Waals surface area (Å²) in [5.41, 5.74) is 3.84. The molecule has 0 saturated heterocycles. The van der Waals surface area contributed by atoms with Gasteiger partial charge in [-0.1, -0.05) is 24.3 Å². The largest absolute Gasteiger partial charge is 0.309 e. The normalized spacial score (nSPS) is 12.7. The fourth-order valence-electron chi connectivity index (χ4n) is 2.30. The minimum atomic E-state index is 0.256. The number of nitrogens with one attached hydrogen (secondary N) is 1. The van der Waals surface area contributed by atoms with Crippen molar-refractivity contribution in [3.05, 3.63) is 48.3 Å². The number of aromatic nitrogens is 4. The molecule has 0 amide bonds. The summed E-state index contributed by atoms with van der Waals surface area (Å²) in [6.07, 6.45) is 2.97. The van der Waals surface area contributed by atoms with E-state index in [0.29, 0.717) is 0 Å². The fraction of sp³-hybridized carbons (Fsp3) is 0.312. The Labute approximate surface area is 124 Å². The predicted octanol–water partition coefficient (Wildman–Crippen LogP) is 2.88. The molecule has 2 heterocycles. The van der Waals surface area contributed by atoms with Crippen molar-refractivity contribution in [2.24, 2.45) is 0 Å². The number of pyridine rings is 1. The summed E-state index contributed by atoms with van der Waals surface area (Å²) < 4.78 is 1.82. The molecule has 21 heavy (non-hydrogen) atoms. The van der Waals surface area contributed by atoms with Crippen LogP contribution in [0.15, 0.2) is 42.6 Å². The minimum Gasteiger partial charge on any atom is -0.309 e. The lowest BCUT2D eigenvalue weighted by atomic mass is 10.2. The first kappa shape index (κ1) is 13.7. The first-order chi connectivity index (χ1) is 10.3. The molecule has 1 atom stereocenters. The molecular formula is C16H19N5. The van der Waals surface area contributed by atoms with Crippen molar-refractivity contribution < 1.29 is 0 Å². The van der Waals surface area contributed by atoms with Gasteiger partial charge in [0.1, 0.15) is 5.52 Å². The third-order valence-electron chi connectivity index (χ3n) is 3.51. The topological polar surface area (TPSA) is 55.6 Å². The number of hydrogen-bond acceptors (Lipinski definition) is 4. The van der Waals surface area contributed by atoms with E-state index in [2.05, 4.69) is 34.5 Å². The molecule has 1 unspecified atom stereocenters. The third-order valence-corrected chi connectivity index (χ3v) is 3.51. The maximum absolute atomic E-state index is 4.54. The first-order valence-corrected chi connectivity index (χ1v) is 7.29. The summed E-state index contributed by atoms with van der Waals surface area (Å²) >= 11 is 0. The zero-order valence-corrected chi connectivity index (χ0v) is 12.3. The lowest BCUT2D eigenvalue weighted by molar-refractivity contribution is 0.558. The van der Waals surface area contributed by atoms with E-state index in [1.807, 2.05) is 47.3 Å². The molecule has 0 aliphatic carbocycles. The van der Waals surface area contributed by atoms with E-state index in [1.165, 1.54) is 0 Å². The molecule has 0 aliphatic rings. The number of rotatable bonds is 5. The van der Waals surface area contributed by atoms with Crippen molar-refractivity contribution >= 4 is 11.0 Å². The highest BCUT2D eigenvalue weighted by molar-refractivity contribution is 5.75. The van der Waals surface area contributed by atoms with Crippen LogP contribution in [0.2, 0.25) is 0 Å². The highest BCUT2D eigenvalue weighted by atomic mass is 15.4. The van der Waals surface area contributed by atoms with Crippen LogP contribution in [0.3, 0.4) is 0 Å². The average Bonchev–Trinajstić information content (AvgIpc) is 2.97. The van der Waals surface area contributed by atoms with Crippen molar-refractivity contribution in [1.29, 1.82) is 0 Å². The molecule has 0 radical (unpaired) electrons. The van der Waals surface area contributed by atoms with Crippen LogP contribution in [0.5, 0.6) is 0 Å². The van der Waals surface area contributed by atoms with Gasteiger partial charge in [0.25, 0.3) is 0 Å². The van der Waals surface area contributed by atoms with E-state index in [4.69, 9.17) is 0 Å². The van der Waals surface area contributed by atoms with Gasteiger partial charge in [-0.3, -0.25) is 4.98 Å². The summed E-state index contributed by atoms with van der Waals surface area (Å²) in [6, 6.07) is 12.2. The van der Waals surface area contributed by atoms with Gasteiger partial charge in [0.2, 0.25) is 0 Å². The van der Waals surface area contributed by atoms with Gasteiger partial charge in [0.15, 0.2) is 0 Å². The van der Waals surface area contributed by atoms with Gasteiger partial charge in [-0.05, 0) is 44.2 Å². The minimum absolute atomic E-state index is 0.256. The SMILES string of the molecule is CCCNC(C)c1ccc(-n2nnc3ccccc32)cn1. The molecule has 108 valence electrons. The van der Waals surface area contributed by atoms with Crippen LogP contribution in [0, 0.1) is 0 Å². The quantitative estimate of drug-likeness (QED) is 0.781. The van der Waals surface area contributed by atoms with Gasteiger partial charge in [-0.15, -0.1) is 5.10 Å². The van der Waals surface area contributed by atoms with Crippen molar-refractivity contribution in [3.63, 3.8) is 0 Å². The molecule has 0 spiro atoms. The van der Waals surface area contributed by atoms with E-state index in [9.17, 15) is 0 Å². The zero-order chi connectivity index (χ0) is 14.7. The summed E-state index contributed by atoms with van der Waals surface area (Å²) in [6.45, 7) is 5.28. The monoisotopic (exact) mass is 281 g/mol. The van der Waals surface area contributed by atoms with Gasteiger partial charge in [0.05, 0.1) is 23.1 Å². The van der Waals surface area contributed by atoms with E-state index in [-0.39, 0.29) is 6.04 Å². The molecule has 2 aromatic heterocycles. The van der Waals surface area contributed by atoms with Gasteiger partial charge in [0, 0.05) is 6.04 Å². The summed E-state index contributed by atoms with van der Waals surface area (Å²) in [7, 11) is 0. The van der Waals surface area contributed by atoms with Crippen LogP contribution in [-0.2, 0) is 0 Å². The van der Waals surface area contributed by atoms with Crippen molar-refractivity contribution in [2.75, 3.05) is 6.54 Å².